The van der Waals surface area contributed by atoms with Gasteiger partial charge in [-0.2, -0.15) is 4.57 Å². The number of aryl methyl sites for hydroxylation is 1. The maximum Gasteiger partial charge on any atom is 0.262 e. The van der Waals surface area contributed by atoms with Gasteiger partial charge in [0.05, 0.1) is 0 Å². The number of rotatable bonds is 3. The lowest BCUT2D eigenvalue weighted by molar-refractivity contribution is -0.665. The van der Waals surface area contributed by atoms with Crippen molar-refractivity contribution in [3.8, 4) is 0 Å². The summed E-state index contributed by atoms with van der Waals surface area (Å²) in [5.41, 5.74) is 2.59. The third-order valence-corrected chi connectivity index (χ3v) is 7.05. The Balaban J connectivity index is 1.57. The van der Waals surface area contributed by atoms with Crippen molar-refractivity contribution in [2.75, 3.05) is 0 Å². The molecule has 29 heavy (non-hydrogen) atoms. The average molecular weight is 391 g/mol. The van der Waals surface area contributed by atoms with E-state index in [0.717, 1.165) is 6.54 Å². The molecule has 1 heterocycles. The number of thiazole rings is 1. The first-order valence-corrected chi connectivity index (χ1v) is 10.9. The van der Waals surface area contributed by atoms with Crippen LogP contribution in [-0.4, -0.2) is 0 Å². The van der Waals surface area contributed by atoms with E-state index in [4.69, 9.17) is 0 Å². The van der Waals surface area contributed by atoms with Gasteiger partial charge >= 0.3 is 0 Å². The average Bonchev–Trinajstić information content (AvgIpc) is 3.14. The van der Waals surface area contributed by atoms with Crippen molar-refractivity contribution in [2.45, 2.75) is 13.5 Å². The van der Waals surface area contributed by atoms with E-state index in [-0.39, 0.29) is 0 Å². The Morgan fingerprint density at radius 3 is 2.28 bits per heavy atom. The Morgan fingerprint density at radius 1 is 0.724 bits per heavy atom. The Hall–Kier alpha value is -3.23. The number of hydrogen-bond acceptors (Lipinski definition) is 1. The molecular weight excluding hydrogens is 370 g/mol. The van der Waals surface area contributed by atoms with E-state index in [9.17, 15) is 0 Å². The number of hydrogen-bond donors (Lipinski definition) is 0. The van der Waals surface area contributed by atoms with Crippen LogP contribution in [0.15, 0.2) is 78.9 Å². The second-order valence-corrected chi connectivity index (χ2v) is 8.56. The van der Waals surface area contributed by atoms with Crippen LogP contribution in [-0.2, 0) is 6.54 Å². The van der Waals surface area contributed by atoms with Gasteiger partial charge in [-0.05, 0) is 56.9 Å². The van der Waals surface area contributed by atoms with Crippen molar-refractivity contribution in [1.82, 2.24) is 0 Å². The van der Waals surface area contributed by atoms with Gasteiger partial charge in [-0.1, -0.05) is 78.1 Å². The Kier molecular flexibility index (Phi) is 3.68. The fourth-order valence-electron chi connectivity index (χ4n) is 4.57. The first-order valence-electron chi connectivity index (χ1n) is 10.1. The summed E-state index contributed by atoms with van der Waals surface area (Å²) in [6, 6.07) is 28.8. The Morgan fingerprint density at radius 2 is 1.45 bits per heavy atom. The third kappa shape index (κ3) is 2.49. The highest BCUT2D eigenvalue weighted by molar-refractivity contribution is 7.18. The largest absolute Gasteiger partial charge is 0.262 e. The van der Waals surface area contributed by atoms with Crippen molar-refractivity contribution >= 4 is 66.0 Å². The summed E-state index contributed by atoms with van der Waals surface area (Å²) in [6.07, 6.45) is 4.56. The molecule has 0 aliphatic carbocycles. The van der Waals surface area contributed by atoms with Crippen molar-refractivity contribution in [3.63, 3.8) is 0 Å². The molecule has 0 amide bonds. The molecule has 138 valence electrons. The smallest absolute Gasteiger partial charge is 0.182 e. The van der Waals surface area contributed by atoms with E-state index in [2.05, 4.69) is 103 Å². The predicted molar refractivity (Wildman–Crippen MR) is 127 cm³/mol. The van der Waals surface area contributed by atoms with Gasteiger partial charge in [0.15, 0.2) is 0 Å². The van der Waals surface area contributed by atoms with Crippen LogP contribution in [0.4, 0.5) is 0 Å². The van der Waals surface area contributed by atoms with Gasteiger partial charge in [0.1, 0.15) is 11.2 Å². The van der Waals surface area contributed by atoms with Crippen molar-refractivity contribution < 1.29 is 4.57 Å². The molecule has 0 aliphatic rings. The maximum absolute atomic E-state index is 2.40. The van der Waals surface area contributed by atoms with Gasteiger partial charge < -0.3 is 0 Å². The molecule has 0 unspecified atom stereocenters. The van der Waals surface area contributed by atoms with Crippen molar-refractivity contribution in [3.05, 3.63) is 89.4 Å². The normalized spacial score (nSPS) is 12.3. The number of aromatic nitrogens is 1. The molecule has 0 saturated carbocycles. The Labute approximate surface area is 173 Å². The quantitative estimate of drug-likeness (QED) is 0.221. The van der Waals surface area contributed by atoms with E-state index in [0.29, 0.717) is 0 Å². The lowest BCUT2D eigenvalue weighted by Gasteiger charge is -2.12. The topological polar surface area (TPSA) is 3.88 Å². The van der Waals surface area contributed by atoms with Crippen LogP contribution in [0.3, 0.4) is 0 Å². The maximum atomic E-state index is 2.40. The first kappa shape index (κ1) is 16.7. The Bertz CT molecular complexity index is 1520. The fourth-order valence-corrected chi connectivity index (χ4v) is 5.70. The summed E-state index contributed by atoms with van der Waals surface area (Å²) in [7, 11) is 0. The molecule has 0 fully saturated rings. The number of fused-ring (bicyclic) bond motifs is 1. The number of benzene rings is 5. The minimum absolute atomic E-state index is 0.974. The van der Waals surface area contributed by atoms with Gasteiger partial charge in [-0.15, -0.1) is 0 Å². The van der Waals surface area contributed by atoms with Gasteiger partial charge in [-0.3, -0.25) is 0 Å². The molecular formula is C27H20NS+. The third-order valence-electron chi connectivity index (χ3n) is 5.92. The summed E-state index contributed by atoms with van der Waals surface area (Å²) >= 11 is 1.86. The summed E-state index contributed by atoms with van der Waals surface area (Å²) in [5, 5.41) is 9.31. The molecule has 6 rings (SSSR count). The molecule has 0 saturated heterocycles. The molecule has 0 spiro atoms. The second kappa shape index (κ2) is 6.40. The number of nitrogens with zero attached hydrogens (tertiary/aromatic N) is 1. The van der Waals surface area contributed by atoms with Crippen LogP contribution in [0.5, 0.6) is 0 Å². The SMILES string of the molecule is CC[n+]1c(/C=C/c2ccc3ccc4cccc5ccc2c3c45)sc2ccccc21. The van der Waals surface area contributed by atoms with E-state index >= 15 is 0 Å². The molecule has 0 bridgehead atoms. The highest BCUT2D eigenvalue weighted by Gasteiger charge is 2.16. The van der Waals surface area contributed by atoms with Gasteiger partial charge in [0, 0.05) is 12.1 Å². The monoisotopic (exact) mass is 390 g/mol. The van der Waals surface area contributed by atoms with Gasteiger partial charge in [0.25, 0.3) is 5.01 Å². The second-order valence-electron chi connectivity index (χ2n) is 7.50. The highest BCUT2D eigenvalue weighted by atomic mass is 32.1. The highest BCUT2D eigenvalue weighted by Crippen LogP contribution is 2.36. The molecule has 2 heteroatoms. The van der Waals surface area contributed by atoms with Crippen LogP contribution >= 0.6 is 11.3 Å². The standard InChI is InChI=1S/C27H20NS/c1-2-28-23-8-3-4-9-24(23)29-25(28)17-15-18-10-11-21-13-12-19-6-5-7-20-14-16-22(18)27(21)26(19)20/h3-17H,2H2,1H3/q+1/b17-15+. The lowest BCUT2D eigenvalue weighted by Crippen LogP contribution is -2.33. The molecule has 1 nitrogen and oxygen atoms in total. The summed E-state index contributed by atoms with van der Waals surface area (Å²) in [5.74, 6) is 0. The number of para-hydroxylation sites is 1. The molecule has 0 aliphatic heterocycles. The summed E-state index contributed by atoms with van der Waals surface area (Å²) in [6.45, 7) is 3.19. The zero-order valence-electron chi connectivity index (χ0n) is 16.2. The zero-order valence-corrected chi connectivity index (χ0v) is 17.0. The van der Waals surface area contributed by atoms with Crippen LogP contribution in [0, 0.1) is 0 Å². The first-order chi connectivity index (χ1) is 14.3. The van der Waals surface area contributed by atoms with E-state index < -0.39 is 0 Å². The molecule has 0 atom stereocenters. The minimum atomic E-state index is 0.974. The molecule has 0 N–H and O–H groups in total. The summed E-state index contributed by atoms with van der Waals surface area (Å²) in [4.78, 5) is 0. The molecule has 5 aromatic carbocycles. The van der Waals surface area contributed by atoms with Crippen molar-refractivity contribution in [2.24, 2.45) is 0 Å². The van der Waals surface area contributed by atoms with Crippen LogP contribution < -0.4 is 4.57 Å². The van der Waals surface area contributed by atoms with Crippen LogP contribution in [0.2, 0.25) is 0 Å². The van der Waals surface area contributed by atoms with Gasteiger partial charge in [0.2, 0.25) is 5.52 Å². The van der Waals surface area contributed by atoms with Crippen LogP contribution in [0.25, 0.3) is 54.7 Å². The van der Waals surface area contributed by atoms with E-state index in [1.165, 1.54) is 53.1 Å². The predicted octanol–water partition coefficient (Wildman–Crippen LogP) is 7.28. The van der Waals surface area contributed by atoms with E-state index in [1.54, 1.807) is 0 Å². The minimum Gasteiger partial charge on any atom is -0.182 e. The lowest BCUT2D eigenvalue weighted by atomic mass is 9.92. The zero-order chi connectivity index (χ0) is 19.4. The van der Waals surface area contributed by atoms with E-state index in [1.807, 2.05) is 11.3 Å². The fraction of sp³-hybridized carbons (Fsp3) is 0.0741. The molecule has 1 aromatic heterocycles. The molecule has 0 radical (unpaired) electrons. The van der Waals surface area contributed by atoms with Crippen molar-refractivity contribution in [1.29, 1.82) is 0 Å². The summed E-state index contributed by atoms with van der Waals surface area (Å²) < 4.78 is 3.73. The molecule has 6 aromatic rings. The van der Waals surface area contributed by atoms with Crippen LogP contribution in [0.1, 0.15) is 17.5 Å². The van der Waals surface area contributed by atoms with Gasteiger partial charge in [-0.25, -0.2) is 0 Å².